The van der Waals surface area contributed by atoms with Crippen molar-refractivity contribution < 1.29 is 12.9 Å². The van der Waals surface area contributed by atoms with Gasteiger partial charge in [-0.25, -0.2) is 13.1 Å². The van der Waals surface area contributed by atoms with Gasteiger partial charge in [-0.05, 0) is 37.7 Å². The van der Waals surface area contributed by atoms with Gasteiger partial charge in [0.1, 0.15) is 0 Å². The molecule has 1 heterocycles. The Labute approximate surface area is 171 Å². The maximum Gasteiger partial charge on any atom is 0.257 e. The van der Waals surface area contributed by atoms with Gasteiger partial charge in [0, 0.05) is 24.6 Å². The lowest BCUT2D eigenvalue weighted by Crippen LogP contribution is -2.24. The van der Waals surface area contributed by atoms with Crippen LogP contribution in [-0.2, 0) is 23.0 Å². The van der Waals surface area contributed by atoms with Gasteiger partial charge in [0.05, 0.1) is 4.90 Å². The summed E-state index contributed by atoms with van der Waals surface area (Å²) in [5.41, 5.74) is 1.45. The number of benzene rings is 2. The number of halogens is 1. The van der Waals surface area contributed by atoms with Crippen molar-refractivity contribution in [3.05, 3.63) is 66.0 Å². The zero-order valence-electron chi connectivity index (χ0n) is 15.6. The number of rotatable bonds is 8. The Morgan fingerprint density at radius 1 is 1.11 bits per heavy atom. The minimum Gasteiger partial charge on any atom is -0.334 e. The second kappa shape index (κ2) is 9.79. The number of hydrogen-bond donors (Lipinski definition) is 2. The second-order valence-corrected chi connectivity index (χ2v) is 8.01. The third-order valence-corrected chi connectivity index (χ3v) is 5.55. The molecule has 0 bridgehead atoms. The summed E-state index contributed by atoms with van der Waals surface area (Å²) >= 11 is 0. The summed E-state index contributed by atoms with van der Waals surface area (Å²) in [5, 5.41) is 7.07. The van der Waals surface area contributed by atoms with Gasteiger partial charge in [0.15, 0.2) is 5.82 Å². The number of sulfonamides is 1. The Bertz CT molecular complexity index is 993. The summed E-state index contributed by atoms with van der Waals surface area (Å²) in [5.74, 6) is 0.871. The number of likely N-dealkylation sites (N-methyl/N-ethyl adjacent to an activating group) is 1. The fraction of sp³-hybridized carbons (Fsp3) is 0.263. The highest BCUT2D eigenvalue weighted by Gasteiger charge is 2.17. The quantitative estimate of drug-likeness (QED) is 0.579. The van der Waals surface area contributed by atoms with E-state index in [9.17, 15) is 8.42 Å². The van der Waals surface area contributed by atoms with Crippen molar-refractivity contribution in [3.8, 4) is 11.5 Å². The van der Waals surface area contributed by atoms with Gasteiger partial charge in [0.25, 0.3) is 5.89 Å². The molecular weight excluding hydrogens is 400 g/mol. The van der Waals surface area contributed by atoms with E-state index < -0.39 is 10.0 Å². The number of nitrogens with zero attached hydrogens (tertiary/aromatic N) is 2. The molecule has 0 saturated heterocycles. The lowest BCUT2D eigenvalue weighted by Gasteiger charge is -2.07. The van der Waals surface area contributed by atoms with Crippen molar-refractivity contribution in [2.24, 2.45) is 0 Å². The monoisotopic (exact) mass is 422 g/mol. The van der Waals surface area contributed by atoms with Gasteiger partial charge in [-0.2, -0.15) is 4.98 Å². The van der Waals surface area contributed by atoms with Crippen molar-refractivity contribution in [3.63, 3.8) is 0 Å². The minimum atomic E-state index is -3.65. The van der Waals surface area contributed by atoms with E-state index in [0.717, 1.165) is 5.56 Å². The zero-order chi connectivity index (χ0) is 19.3. The maximum absolute atomic E-state index is 12.6. The molecule has 2 N–H and O–H groups in total. The number of aromatic nitrogens is 2. The number of hydrogen-bond acceptors (Lipinski definition) is 6. The molecule has 2 aromatic carbocycles. The lowest BCUT2D eigenvalue weighted by molar-refractivity contribution is 0.418. The van der Waals surface area contributed by atoms with E-state index in [1.165, 1.54) is 12.1 Å². The van der Waals surface area contributed by atoms with E-state index in [4.69, 9.17) is 4.52 Å². The topological polar surface area (TPSA) is 97.1 Å². The van der Waals surface area contributed by atoms with Gasteiger partial charge < -0.3 is 9.84 Å². The lowest BCUT2D eigenvalue weighted by atomic mass is 10.2. The Morgan fingerprint density at radius 2 is 1.86 bits per heavy atom. The van der Waals surface area contributed by atoms with Crippen LogP contribution in [0.3, 0.4) is 0 Å². The first-order chi connectivity index (χ1) is 13.0. The molecule has 1 unspecified atom stereocenters. The molecule has 9 heteroatoms. The highest BCUT2D eigenvalue weighted by atomic mass is 35.5. The fourth-order valence-corrected chi connectivity index (χ4v) is 3.55. The fourth-order valence-electron chi connectivity index (χ4n) is 2.48. The summed E-state index contributed by atoms with van der Waals surface area (Å²) in [6.07, 6.45) is 0.622. The molecule has 7 nitrogen and oxygen atoms in total. The average Bonchev–Trinajstić information content (AvgIpc) is 3.16. The van der Waals surface area contributed by atoms with Gasteiger partial charge in [-0.1, -0.05) is 41.6 Å². The molecule has 28 heavy (non-hydrogen) atoms. The normalized spacial score (nSPS) is 12.4. The molecule has 0 fully saturated rings. The first-order valence-electron chi connectivity index (χ1n) is 8.62. The third-order valence-electron chi connectivity index (χ3n) is 4.15. The summed E-state index contributed by atoms with van der Waals surface area (Å²) in [4.78, 5) is 4.50. The Kier molecular flexibility index (Phi) is 7.70. The number of nitrogens with one attached hydrogen (secondary N) is 2. The molecule has 0 aliphatic heterocycles. The van der Waals surface area contributed by atoms with Crippen LogP contribution in [0.5, 0.6) is 0 Å². The van der Waals surface area contributed by atoms with Crippen LogP contribution in [0.25, 0.3) is 11.5 Å². The molecule has 0 aliphatic rings. The van der Waals surface area contributed by atoms with E-state index >= 15 is 0 Å². The minimum absolute atomic E-state index is 0. The summed E-state index contributed by atoms with van der Waals surface area (Å²) in [6.45, 7) is 2.24. The van der Waals surface area contributed by atoms with Crippen molar-refractivity contribution in [2.75, 3.05) is 7.05 Å². The van der Waals surface area contributed by atoms with Gasteiger partial charge in [-0.3, -0.25) is 0 Å². The van der Waals surface area contributed by atoms with Gasteiger partial charge >= 0.3 is 0 Å². The molecule has 1 aromatic heterocycles. The van der Waals surface area contributed by atoms with Crippen molar-refractivity contribution in [1.82, 2.24) is 20.2 Å². The highest BCUT2D eigenvalue weighted by Crippen LogP contribution is 2.21. The zero-order valence-corrected chi connectivity index (χ0v) is 17.3. The molecular formula is C19H23ClN4O3S. The molecule has 0 spiro atoms. The van der Waals surface area contributed by atoms with Crippen LogP contribution in [0.4, 0.5) is 0 Å². The van der Waals surface area contributed by atoms with Crippen LogP contribution in [-0.4, -0.2) is 31.6 Å². The van der Waals surface area contributed by atoms with Crippen LogP contribution >= 0.6 is 12.4 Å². The molecule has 0 saturated carbocycles. The molecule has 0 amide bonds. The molecule has 3 rings (SSSR count). The Morgan fingerprint density at radius 3 is 2.57 bits per heavy atom. The first kappa shape index (κ1) is 22.0. The van der Waals surface area contributed by atoms with Crippen LogP contribution in [0, 0.1) is 0 Å². The van der Waals surface area contributed by atoms with Crippen molar-refractivity contribution in [1.29, 1.82) is 0 Å². The smallest absolute Gasteiger partial charge is 0.257 e. The van der Waals surface area contributed by atoms with Gasteiger partial charge in [0.2, 0.25) is 10.0 Å². The van der Waals surface area contributed by atoms with Crippen molar-refractivity contribution >= 4 is 22.4 Å². The molecule has 150 valence electrons. The molecule has 0 aliphatic carbocycles. The summed E-state index contributed by atoms with van der Waals surface area (Å²) in [7, 11) is -1.79. The predicted molar refractivity (Wildman–Crippen MR) is 110 cm³/mol. The molecule has 0 radical (unpaired) electrons. The summed E-state index contributed by atoms with van der Waals surface area (Å²) in [6, 6.07) is 16.0. The van der Waals surface area contributed by atoms with Crippen LogP contribution in [0.15, 0.2) is 64.0 Å². The standard InChI is InChI=1S/C19H22N4O3S.ClH/c1-14(20-2)11-18-22-19(26-23-18)16-9-6-10-17(12-16)27(24,25)21-13-15-7-4-3-5-8-15;/h3-10,12,14,20-21H,11,13H2,1-2H3;1H. The molecule has 1 atom stereocenters. The van der Waals surface area contributed by atoms with Crippen molar-refractivity contribution in [2.45, 2.75) is 30.8 Å². The van der Waals surface area contributed by atoms with E-state index in [2.05, 4.69) is 20.2 Å². The average molecular weight is 423 g/mol. The van der Waals surface area contributed by atoms with Gasteiger partial charge in [-0.15, -0.1) is 12.4 Å². The van der Waals surface area contributed by atoms with E-state index in [-0.39, 0.29) is 29.9 Å². The van der Waals surface area contributed by atoms with Crippen LogP contribution in [0.1, 0.15) is 18.3 Å². The second-order valence-electron chi connectivity index (χ2n) is 6.25. The maximum atomic E-state index is 12.6. The Balaban J connectivity index is 0.00000280. The largest absolute Gasteiger partial charge is 0.334 e. The van der Waals surface area contributed by atoms with Crippen LogP contribution < -0.4 is 10.0 Å². The SMILES string of the molecule is CNC(C)Cc1noc(-c2cccc(S(=O)(=O)NCc3ccccc3)c2)n1.Cl. The van der Waals surface area contributed by atoms with Crippen LogP contribution in [0.2, 0.25) is 0 Å². The first-order valence-corrected chi connectivity index (χ1v) is 10.1. The molecule has 3 aromatic rings. The van der Waals surface area contributed by atoms with E-state index in [1.54, 1.807) is 12.1 Å². The van der Waals surface area contributed by atoms with E-state index in [1.807, 2.05) is 44.3 Å². The van der Waals surface area contributed by atoms with E-state index in [0.29, 0.717) is 23.7 Å². The highest BCUT2D eigenvalue weighted by molar-refractivity contribution is 7.89. The summed E-state index contributed by atoms with van der Waals surface area (Å²) < 4.78 is 33.1. The Hall–Kier alpha value is -2.26. The predicted octanol–water partition coefficient (Wildman–Crippen LogP) is 2.79. The third kappa shape index (κ3) is 5.62.